The molecule has 0 aliphatic heterocycles. The van der Waals surface area contributed by atoms with Gasteiger partial charge in [-0.1, -0.05) is 140 Å². The van der Waals surface area contributed by atoms with E-state index in [9.17, 15) is 4.79 Å². The van der Waals surface area contributed by atoms with E-state index in [1.54, 1.807) is 12.1 Å². The number of pyridine rings is 1. The van der Waals surface area contributed by atoms with Crippen LogP contribution in [0.3, 0.4) is 0 Å². The van der Waals surface area contributed by atoms with Crippen LogP contribution >= 0.6 is 0 Å². The summed E-state index contributed by atoms with van der Waals surface area (Å²) in [6.07, 6.45) is 48.3. The number of carbonyl (C=O) groups excluding carboxylic acids is 1. The molecule has 53 heavy (non-hydrogen) atoms. The van der Waals surface area contributed by atoms with E-state index in [1.165, 1.54) is 116 Å². The Balaban J connectivity index is 2.32. The smallest absolute Gasteiger partial charge is 0.338 e. The fraction of sp³-hybridized carbons (Fsp3) is 0.702. The van der Waals surface area contributed by atoms with Crippen LogP contribution in [0.2, 0.25) is 0 Å². The van der Waals surface area contributed by atoms with Gasteiger partial charge in [-0.3, -0.25) is 0 Å². The standard InChI is InChI=1S/C47H80N2O4/c1-5-7-9-11-13-15-17-19-21-23-25-27-29-31-33-35-39-51-45-42-44(47(50)53-41-37-38-49(3)4)43-46(48-45)52-40-36-34-32-30-28-26-24-22-20-18-16-14-12-10-8-6-2/h13-16,19-22,42-43H,5-12,17-18,23-41H2,1-4H3. The van der Waals surface area contributed by atoms with E-state index in [1.807, 2.05) is 14.1 Å². The van der Waals surface area contributed by atoms with Gasteiger partial charge in [-0.2, -0.15) is 4.98 Å². The van der Waals surface area contributed by atoms with Crippen molar-refractivity contribution in [2.45, 2.75) is 174 Å². The van der Waals surface area contributed by atoms with Gasteiger partial charge in [0.2, 0.25) is 11.8 Å². The number of rotatable bonds is 37. The maximum absolute atomic E-state index is 12.9. The predicted molar refractivity (Wildman–Crippen MR) is 227 cm³/mol. The molecule has 1 aromatic rings. The molecule has 0 radical (unpaired) electrons. The van der Waals surface area contributed by atoms with Crippen molar-refractivity contribution in [2.75, 3.05) is 40.5 Å². The van der Waals surface area contributed by atoms with Gasteiger partial charge >= 0.3 is 5.97 Å². The van der Waals surface area contributed by atoms with Crippen LogP contribution in [0.1, 0.15) is 185 Å². The first kappa shape index (κ1) is 48.2. The van der Waals surface area contributed by atoms with Crippen molar-refractivity contribution < 1.29 is 19.0 Å². The van der Waals surface area contributed by atoms with Gasteiger partial charge in [-0.05, 0) is 97.6 Å². The molecule has 0 spiro atoms. The molecular formula is C47H80N2O4. The second-order valence-electron chi connectivity index (χ2n) is 14.7. The van der Waals surface area contributed by atoms with Crippen molar-refractivity contribution in [2.24, 2.45) is 0 Å². The molecule has 6 nitrogen and oxygen atoms in total. The number of carbonyl (C=O) groups is 1. The normalized spacial score (nSPS) is 12.0. The summed E-state index contributed by atoms with van der Waals surface area (Å²) >= 11 is 0. The zero-order valence-electron chi connectivity index (χ0n) is 34.8. The largest absolute Gasteiger partial charge is 0.478 e. The molecule has 302 valence electrons. The zero-order valence-corrected chi connectivity index (χ0v) is 34.8. The Kier molecular flexibility index (Phi) is 34.0. The van der Waals surface area contributed by atoms with Gasteiger partial charge in [0.1, 0.15) is 0 Å². The molecule has 6 heteroatoms. The molecule has 0 fully saturated rings. The zero-order chi connectivity index (χ0) is 38.3. The monoisotopic (exact) mass is 737 g/mol. The Bertz CT molecular complexity index is 1030. The minimum Gasteiger partial charge on any atom is -0.478 e. The molecule has 0 amide bonds. The van der Waals surface area contributed by atoms with Gasteiger partial charge in [-0.15, -0.1) is 0 Å². The van der Waals surface area contributed by atoms with Crippen molar-refractivity contribution in [1.82, 2.24) is 9.88 Å². The van der Waals surface area contributed by atoms with E-state index >= 15 is 0 Å². The Morgan fingerprint density at radius 1 is 0.528 bits per heavy atom. The number of hydrogen-bond acceptors (Lipinski definition) is 6. The van der Waals surface area contributed by atoms with Crippen LogP contribution in [0.4, 0.5) is 0 Å². The van der Waals surface area contributed by atoms with Crippen LogP contribution in [-0.4, -0.2) is 56.3 Å². The van der Waals surface area contributed by atoms with Gasteiger partial charge < -0.3 is 19.1 Å². The molecule has 1 rings (SSSR count). The van der Waals surface area contributed by atoms with E-state index in [0.717, 1.165) is 51.5 Å². The maximum Gasteiger partial charge on any atom is 0.338 e. The molecule has 1 aromatic heterocycles. The number of aromatic nitrogens is 1. The molecule has 0 N–H and O–H groups in total. The average molecular weight is 737 g/mol. The number of nitrogens with zero attached hydrogens (tertiary/aromatic N) is 2. The maximum atomic E-state index is 12.9. The topological polar surface area (TPSA) is 60.9 Å². The van der Waals surface area contributed by atoms with E-state index in [-0.39, 0.29) is 5.97 Å². The van der Waals surface area contributed by atoms with Crippen molar-refractivity contribution in [3.8, 4) is 11.8 Å². The van der Waals surface area contributed by atoms with Gasteiger partial charge in [0.05, 0.1) is 25.4 Å². The van der Waals surface area contributed by atoms with Crippen LogP contribution < -0.4 is 9.47 Å². The Hall–Kier alpha value is -2.86. The lowest BCUT2D eigenvalue weighted by molar-refractivity contribution is 0.0491. The number of allylic oxidation sites excluding steroid dienone is 8. The summed E-state index contributed by atoms with van der Waals surface area (Å²) in [5.41, 5.74) is 0.434. The summed E-state index contributed by atoms with van der Waals surface area (Å²) in [5, 5.41) is 0. The second-order valence-corrected chi connectivity index (χ2v) is 14.7. The number of ether oxygens (including phenoxy) is 3. The predicted octanol–water partition coefficient (Wildman–Crippen LogP) is 13.6. The van der Waals surface area contributed by atoms with Crippen molar-refractivity contribution in [1.29, 1.82) is 0 Å². The average Bonchev–Trinajstić information content (AvgIpc) is 3.15. The lowest BCUT2D eigenvalue weighted by Crippen LogP contribution is -2.16. The van der Waals surface area contributed by atoms with E-state index in [2.05, 4.69) is 72.3 Å². The van der Waals surface area contributed by atoms with Crippen molar-refractivity contribution in [3.05, 3.63) is 66.3 Å². The first-order valence-corrected chi connectivity index (χ1v) is 21.8. The molecule has 0 aromatic carbocycles. The number of unbranched alkanes of at least 4 members (excludes halogenated alkanes) is 18. The molecule has 0 unspecified atom stereocenters. The van der Waals surface area contributed by atoms with E-state index in [0.29, 0.717) is 37.1 Å². The summed E-state index contributed by atoms with van der Waals surface area (Å²) in [4.78, 5) is 19.5. The van der Waals surface area contributed by atoms with Gasteiger partial charge in [0, 0.05) is 18.7 Å². The highest BCUT2D eigenvalue weighted by molar-refractivity contribution is 5.90. The number of hydrogen-bond donors (Lipinski definition) is 0. The summed E-state index contributed by atoms with van der Waals surface area (Å²) < 4.78 is 17.6. The lowest BCUT2D eigenvalue weighted by Gasteiger charge is -2.12. The van der Waals surface area contributed by atoms with E-state index < -0.39 is 0 Å². The fourth-order valence-electron chi connectivity index (χ4n) is 5.91. The van der Waals surface area contributed by atoms with Crippen LogP contribution in [0.25, 0.3) is 0 Å². The van der Waals surface area contributed by atoms with Crippen LogP contribution in [0.15, 0.2) is 60.7 Å². The fourth-order valence-corrected chi connectivity index (χ4v) is 5.91. The Morgan fingerprint density at radius 3 is 1.34 bits per heavy atom. The molecule has 1 heterocycles. The first-order valence-electron chi connectivity index (χ1n) is 21.8. The third kappa shape index (κ3) is 32.3. The van der Waals surface area contributed by atoms with Gasteiger partial charge in [0.15, 0.2) is 0 Å². The summed E-state index contributed by atoms with van der Waals surface area (Å²) in [6, 6.07) is 3.38. The highest BCUT2D eigenvalue weighted by atomic mass is 16.5. The highest BCUT2D eigenvalue weighted by Gasteiger charge is 2.13. The molecule has 0 bridgehead atoms. The minimum atomic E-state index is -0.358. The van der Waals surface area contributed by atoms with Crippen molar-refractivity contribution in [3.63, 3.8) is 0 Å². The molecule has 0 aliphatic rings. The first-order chi connectivity index (χ1) is 26.1. The Morgan fingerprint density at radius 2 is 0.925 bits per heavy atom. The molecular weight excluding hydrogens is 657 g/mol. The second kappa shape index (κ2) is 37.5. The SMILES string of the molecule is CCCCCC=CCC=CCCCCCCCCOc1cc(C(=O)OCCCN(C)C)cc(OCCCCCCCCC=CCC=CCCCCC)n1. The summed E-state index contributed by atoms with van der Waals surface area (Å²) in [7, 11) is 4.03. The summed E-state index contributed by atoms with van der Waals surface area (Å²) in [6.45, 7) is 6.91. The molecule has 0 saturated carbocycles. The van der Waals surface area contributed by atoms with E-state index in [4.69, 9.17) is 14.2 Å². The third-order valence-electron chi connectivity index (χ3n) is 9.19. The van der Waals surface area contributed by atoms with Crippen molar-refractivity contribution >= 4 is 5.97 Å². The van der Waals surface area contributed by atoms with Gasteiger partial charge in [0.25, 0.3) is 0 Å². The molecule has 0 aliphatic carbocycles. The van der Waals surface area contributed by atoms with Gasteiger partial charge in [-0.25, -0.2) is 4.79 Å². The van der Waals surface area contributed by atoms with Crippen LogP contribution in [0, 0.1) is 0 Å². The van der Waals surface area contributed by atoms with Crippen LogP contribution in [0.5, 0.6) is 11.8 Å². The van der Waals surface area contributed by atoms with Crippen LogP contribution in [-0.2, 0) is 4.74 Å². The quantitative estimate of drug-likeness (QED) is 0.0385. The lowest BCUT2D eigenvalue weighted by atomic mass is 10.1. The Labute approximate surface area is 326 Å². The summed E-state index contributed by atoms with van der Waals surface area (Å²) in [5.74, 6) is 0.507. The highest BCUT2D eigenvalue weighted by Crippen LogP contribution is 2.21. The molecule has 0 atom stereocenters. The molecule has 0 saturated heterocycles. The third-order valence-corrected chi connectivity index (χ3v) is 9.19. The number of esters is 1. The minimum absolute atomic E-state index is 0.358.